The van der Waals surface area contributed by atoms with Crippen molar-refractivity contribution in [1.29, 1.82) is 0 Å². The van der Waals surface area contributed by atoms with E-state index in [4.69, 9.17) is 16.3 Å². The molecule has 1 N–H and O–H groups in total. The number of aliphatic hydroxyl groups excluding tert-OH is 1. The SMILES string of the molecule is CCCOc1ccccc1C(O)c1ccc(Cl)c(Br)c1. The van der Waals surface area contributed by atoms with Crippen molar-refractivity contribution in [3.05, 3.63) is 63.1 Å². The number of para-hydroxylation sites is 1. The van der Waals surface area contributed by atoms with E-state index < -0.39 is 6.10 Å². The highest BCUT2D eigenvalue weighted by Gasteiger charge is 2.16. The van der Waals surface area contributed by atoms with Gasteiger partial charge >= 0.3 is 0 Å². The van der Waals surface area contributed by atoms with Gasteiger partial charge in [0.05, 0.1) is 11.6 Å². The zero-order valence-corrected chi connectivity index (χ0v) is 13.5. The summed E-state index contributed by atoms with van der Waals surface area (Å²) in [6.07, 6.45) is 0.188. The number of benzene rings is 2. The second-order valence-corrected chi connectivity index (χ2v) is 5.72. The van der Waals surface area contributed by atoms with Gasteiger partial charge in [-0.2, -0.15) is 0 Å². The zero-order valence-electron chi connectivity index (χ0n) is 11.1. The second-order valence-electron chi connectivity index (χ2n) is 4.46. The maximum absolute atomic E-state index is 10.5. The highest BCUT2D eigenvalue weighted by Crippen LogP contribution is 2.33. The van der Waals surface area contributed by atoms with Crippen LogP contribution in [0.4, 0.5) is 0 Å². The minimum absolute atomic E-state index is 0.622. The predicted octanol–water partition coefficient (Wildman–Crippen LogP) is 4.97. The Morgan fingerprint density at radius 3 is 2.70 bits per heavy atom. The molecular formula is C16H16BrClO2. The van der Waals surface area contributed by atoms with Crippen molar-refractivity contribution in [2.45, 2.75) is 19.4 Å². The molecule has 0 aliphatic carbocycles. The maximum Gasteiger partial charge on any atom is 0.125 e. The molecule has 0 aromatic heterocycles. The number of ether oxygens (including phenoxy) is 1. The number of rotatable bonds is 5. The lowest BCUT2D eigenvalue weighted by molar-refractivity contribution is 0.210. The zero-order chi connectivity index (χ0) is 14.5. The Balaban J connectivity index is 2.32. The van der Waals surface area contributed by atoms with Crippen molar-refractivity contribution < 1.29 is 9.84 Å². The molecule has 0 heterocycles. The van der Waals surface area contributed by atoms with Crippen LogP contribution in [-0.4, -0.2) is 11.7 Å². The molecule has 0 saturated heterocycles. The van der Waals surface area contributed by atoms with Crippen LogP contribution in [0.1, 0.15) is 30.6 Å². The van der Waals surface area contributed by atoms with Crippen LogP contribution >= 0.6 is 27.5 Å². The Morgan fingerprint density at radius 1 is 1.25 bits per heavy atom. The summed E-state index contributed by atoms with van der Waals surface area (Å²) in [6.45, 7) is 2.68. The van der Waals surface area contributed by atoms with Gasteiger partial charge in [0.1, 0.15) is 11.9 Å². The molecule has 1 atom stereocenters. The highest BCUT2D eigenvalue weighted by molar-refractivity contribution is 9.10. The standard InChI is InChI=1S/C16H16BrClO2/c1-2-9-20-15-6-4-3-5-12(15)16(19)11-7-8-14(18)13(17)10-11/h3-8,10,16,19H,2,9H2,1H3. The number of hydrogen-bond donors (Lipinski definition) is 1. The highest BCUT2D eigenvalue weighted by atomic mass is 79.9. The predicted molar refractivity (Wildman–Crippen MR) is 85.4 cm³/mol. The maximum atomic E-state index is 10.5. The summed E-state index contributed by atoms with van der Waals surface area (Å²) in [5, 5.41) is 11.2. The average molecular weight is 356 g/mol. The van der Waals surface area contributed by atoms with Crippen molar-refractivity contribution in [3.8, 4) is 5.75 Å². The van der Waals surface area contributed by atoms with Crippen LogP contribution in [0.2, 0.25) is 5.02 Å². The minimum Gasteiger partial charge on any atom is -0.493 e. The minimum atomic E-state index is -0.739. The summed E-state index contributed by atoms with van der Waals surface area (Å²) in [7, 11) is 0. The van der Waals surface area contributed by atoms with E-state index in [2.05, 4.69) is 22.9 Å². The average Bonchev–Trinajstić information content (AvgIpc) is 2.47. The first-order chi connectivity index (χ1) is 9.63. The molecule has 0 aliphatic heterocycles. The number of halogens is 2. The Kier molecular flexibility index (Phi) is 5.46. The topological polar surface area (TPSA) is 29.5 Å². The van der Waals surface area contributed by atoms with E-state index in [0.29, 0.717) is 17.4 Å². The summed E-state index contributed by atoms with van der Waals surface area (Å²) < 4.78 is 6.45. The molecular weight excluding hydrogens is 340 g/mol. The third kappa shape index (κ3) is 3.54. The fraction of sp³-hybridized carbons (Fsp3) is 0.250. The van der Waals surface area contributed by atoms with Gasteiger partial charge in [0.15, 0.2) is 0 Å². The summed E-state index contributed by atoms with van der Waals surface area (Å²) in [4.78, 5) is 0. The Bertz CT molecular complexity index is 586. The van der Waals surface area contributed by atoms with Crippen molar-refractivity contribution in [3.63, 3.8) is 0 Å². The van der Waals surface area contributed by atoms with Crippen molar-refractivity contribution in [2.75, 3.05) is 6.61 Å². The second kappa shape index (κ2) is 7.11. The van der Waals surface area contributed by atoms with E-state index in [9.17, 15) is 5.11 Å². The smallest absolute Gasteiger partial charge is 0.125 e. The summed E-state index contributed by atoms with van der Waals surface area (Å²) in [5.74, 6) is 0.716. The molecule has 4 heteroatoms. The fourth-order valence-corrected chi connectivity index (χ4v) is 2.43. The molecule has 2 aromatic carbocycles. The Morgan fingerprint density at radius 2 is 2.00 bits per heavy atom. The van der Waals surface area contributed by atoms with E-state index in [1.165, 1.54) is 0 Å². The molecule has 0 radical (unpaired) electrons. The van der Waals surface area contributed by atoms with Gasteiger partial charge in [-0.15, -0.1) is 0 Å². The molecule has 20 heavy (non-hydrogen) atoms. The monoisotopic (exact) mass is 354 g/mol. The van der Waals surface area contributed by atoms with Crippen LogP contribution in [0.5, 0.6) is 5.75 Å². The quantitative estimate of drug-likeness (QED) is 0.820. The summed E-state index contributed by atoms with van der Waals surface area (Å²) in [5.41, 5.74) is 1.53. The Hall–Kier alpha value is -1.03. The first-order valence-electron chi connectivity index (χ1n) is 6.48. The summed E-state index contributed by atoms with van der Waals surface area (Å²) >= 11 is 9.35. The first-order valence-corrected chi connectivity index (χ1v) is 7.65. The van der Waals surface area contributed by atoms with Crippen LogP contribution in [0.3, 0.4) is 0 Å². The van der Waals surface area contributed by atoms with Gasteiger partial charge in [-0.05, 0) is 46.1 Å². The molecule has 2 rings (SSSR count). The lowest BCUT2D eigenvalue weighted by Gasteiger charge is -2.16. The molecule has 0 saturated carbocycles. The summed E-state index contributed by atoms with van der Waals surface area (Å²) in [6, 6.07) is 12.9. The van der Waals surface area contributed by atoms with Crippen molar-refractivity contribution in [2.24, 2.45) is 0 Å². The molecule has 2 aromatic rings. The fourth-order valence-electron chi connectivity index (χ4n) is 1.91. The van der Waals surface area contributed by atoms with Gasteiger partial charge in [-0.25, -0.2) is 0 Å². The van der Waals surface area contributed by atoms with Gasteiger partial charge in [-0.3, -0.25) is 0 Å². The van der Waals surface area contributed by atoms with Crippen LogP contribution in [-0.2, 0) is 0 Å². The largest absolute Gasteiger partial charge is 0.493 e. The van der Waals surface area contributed by atoms with Crippen LogP contribution < -0.4 is 4.74 Å². The van der Waals surface area contributed by atoms with Crippen molar-refractivity contribution in [1.82, 2.24) is 0 Å². The first kappa shape index (κ1) is 15.4. The van der Waals surface area contributed by atoms with Gasteiger partial charge in [0.2, 0.25) is 0 Å². The van der Waals surface area contributed by atoms with Gasteiger partial charge < -0.3 is 9.84 Å². The molecule has 0 aliphatic rings. The normalized spacial score (nSPS) is 12.2. The number of hydrogen-bond acceptors (Lipinski definition) is 2. The third-order valence-electron chi connectivity index (χ3n) is 2.93. The van der Waals surface area contributed by atoms with E-state index in [0.717, 1.165) is 22.0 Å². The van der Waals surface area contributed by atoms with Gasteiger partial charge in [0, 0.05) is 10.0 Å². The third-order valence-corrected chi connectivity index (χ3v) is 4.15. The molecule has 106 valence electrons. The van der Waals surface area contributed by atoms with E-state index in [1.54, 1.807) is 6.07 Å². The molecule has 0 spiro atoms. The molecule has 1 unspecified atom stereocenters. The van der Waals surface area contributed by atoms with Crippen LogP contribution in [0, 0.1) is 0 Å². The molecule has 0 bridgehead atoms. The van der Waals surface area contributed by atoms with E-state index in [-0.39, 0.29) is 0 Å². The lowest BCUT2D eigenvalue weighted by atomic mass is 10.0. The number of aliphatic hydroxyl groups is 1. The van der Waals surface area contributed by atoms with Crippen LogP contribution in [0.25, 0.3) is 0 Å². The van der Waals surface area contributed by atoms with Gasteiger partial charge in [-0.1, -0.05) is 42.8 Å². The molecule has 2 nitrogen and oxygen atoms in total. The van der Waals surface area contributed by atoms with E-state index >= 15 is 0 Å². The lowest BCUT2D eigenvalue weighted by Crippen LogP contribution is -2.04. The van der Waals surface area contributed by atoms with E-state index in [1.807, 2.05) is 36.4 Å². The van der Waals surface area contributed by atoms with Gasteiger partial charge in [0.25, 0.3) is 0 Å². The molecule has 0 fully saturated rings. The molecule has 0 amide bonds. The Labute approximate surface area is 132 Å². The van der Waals surface area contributed by atoms with Crippen molar-refractivity contribution >= 4 is 27.5 Å². The van der Waals surface area contributed by atoms with Crippen LogP contribution in [0.15, 0.2) is 46.9 Å².